The molecule has 33 heteroatoms. The summed E-state index contributed by atoms with van der Waals surface area (Å²) in [6, 6.07) is 0. The van der Waals surface area contributed by atoms with Gasteiger partial charge < -0.3 is 13.3 Å². The fourth-order valence-corrected chi connectivity index (χ4v) is 6.29. The Labute approximate surface area is 286 Å². The van der Waals surface area contributed by atoms with Crippen LogP contribution in [0.1, 0.15) is 33.6 Å². The molecular weight excluding hydrogens is 891 g/mol. The second-order valence-corrected chi connectivity index (χ2v) is 13.2. The minimum atomic E-state index is -9.89. The lowest BCUT2D eigenvalue weighted by Gasteiger charge is -2.47. The van der Waals surface area contributed by atoms with Gasteiger partial charge in [0.25, 0.3) is 0 Å². The van der Waals surface area contributed by atoms with Crippen molar-refractivity contribution in [2.45, 2.75) is 116 Å². The molecule has 0 heterocycles. The van der Waals surface area contributed by atoms with Crippen molar-refractivity contribution in [2.75, 3.05) is 19.8 Å². The molecule has 0 radical (unpaired) electrons. The van der Waals surface area contributed by atoms with E-state index in [2.05, 4.69) is 13.3 Å². The Balaban J connectivity index is 7.66. The van der Waals surface area contributed by atoms with E-state index in [4.69, 9.17) is 0 Å². The zero-order valence-corrected chi connectivity index (χ0v) is 27.2. The normalized spacial score (nSPS) is 16.6. The van der Waals surface area contributed by atoms with Crippen LogP contribution >= 0.6 is 0 Å². The molecule has 0 N–H and O–H groups in total. The summed E-state index contributed by atoms with van der Waals surface area (Å²) in [5.41, 5.74) is -7.35. The van der Waals surface area contributed by atoms with Crippen molar-refractivity contribution in [2.24, 2.45) is 0 Å². The van der Waals surface area contributed by atoms with Crippen LogP contribution in [0.15, 0.2) is 0 Å². The fraction of sp³-hybridized carbons (Fsp3) is 1.00. The first kappa shape index (κ1) is 53.1. The van der Waals surface area contributed by atoms with Crippen molar-refractivity contribution in [3.05, 3.63) is 0 Å². The molecule has 0 unspecified atom stereocenters. The summed E-state index contributed by atoms with van der Waals surface area (Å²) in [5.74, 6) is -111. The summed E-state index contributed by atoms with van der Waals surface area (Å²) >= 11 is 0. The van der Waals surface area contributed by atoms with Gasteiger partial charge in [0.05, 0.1) is 0 Å². The van der Waals surface area contributed by atoms with Gasteiger partial charge in [-0.05, 0) is 20.8 Å². The zero-order valence-electron chi connectivity index (χ0n) is 26.2. The van der Waals surface area contributed by atoms with Gasteiger partial charge in [0, 0.05) is 32.7 Å². The average Bonchev–Trinajstić information content (AvgIpc) is 2.98. The second kappa shape index (κ2) is 14.7. The number of alkyl halides is 29. The van der Waals surface area contributed by atoms with E-state index >= 15 is 0 Å². The minimum Gasteiger partial charge on any atom is -0.370 e. The van der Waals surface area contributed by atoms with Crippen molar-refractivity contribution in [1.29, 1.82) is 0 Å². The molecule has 0 aromatic carbocycles. The predicted octanol–water partition coefficient (Wildman–Crippen LogP) is 11.2. The summed E-state index contributed by atoms with van der Waals surface area (Å²) in [7, 11) is -7.15. The first-order valence-corrected chi connectivity index (χ1v) is 15.3. The predicted molar refractivity (Wildman–Crippen MR) is 120 cm³/mol. The lowest BCUT2D eigenvalue weighted by Crippen LogP contribution is -2.80. The SMILES string of the molecule is CCO[Si](OCC)(OCC)C(F)(F)C(F)(F)C(F)(F)C(F)(F)C(F)(F)C(F)(F)C(F)(F)C(F)(F)C(F)(F)C(F)(F)C(F)(F)C(F)(F)C(F)(F)CCC(F)(F)F. The third kappa shape index (κ3) is 7.26. The molecule has 3 nitrogen and oxygen atoms in total. The largest absolute Gasteiger partial charge is 0.582 e. The lowest BCUT2D eigenvalue weighted by molar-refractivity contribution is -0.481. The smallest absolute Gasteiger partial charge is 0.370 e. The van der Waals surface area contributed by atoms with Gasteiger partial charge in [-0.3, -0.25) is 0 Å². The molecule has 0 aliphatic carbocycles. The molecule has 0 rings (SSSR count). The topological polar surface area (TPSA) is 27.7 Å². The van der Waals surface area contributed by atoms with Gasteiger partial charge in [0.1, 0.15) is 0 Å². The molecular formula is C22H19F29O3Si. The van der Waals surface area contributed by atoms with Crippen LogP contribution < -0.4 is 0 Å². The number of hydrogen-bond acceptors (Lipinski definition) is 3. The Hall–Kier alpha value is -1.93. The number of hydrogen-bond donors (Lipinski definition) is 0. The van der Waals surface area contributed by atoms with E-state index in [0.717, 1.165) is 0 Å². The first-order chi connectivity index (χ1) is 23.6. The molecule has 0 atom stereocenters. The summed E-state index contributed by atoms with van der Waals surface area (Å²) in [6.45, 7) is -2.80. The fourth-order valence-electron chi connectivity index (χ4n) is 3.82. The maximum atomic E-state index is 14.9. The van der Waals surface area contributed by atoms with Crippen LogP contribution in [0.3, 0.4) is 0 Å². The molecule has 0 aliphatic heterocycles. The minimum absolute atomic E-state index is 0.507. The molecule has 0 saturated heterocycles. The molecule has 0 saturated carbocycles. The average molecular weight is 910 g/mol. The molecule has 0 amide bonds. The van der Waals surface area contributed by atoms with Crippen LogP contribution in [0.25, 0.3) is 0 Å². The van der Waals surface area contributed by atoms with Gasteiger partial charge >= 0.3 is 91.6 Å². The molecule has 0 aromatic heterocycles. The maximum Gasteiger partial charge on any atom is 0.582 e. The van der Waals surface area contributed by atoms with Crippen LogP contribution in [-0.4, -0.2) is 111 Å². The van der Waals surface area contributed by atoms with Gasteiger partial charge in [-0.2, -0.15) is 127 Å². The highest BCUT2D eigenvalue weighted by Gasteiger charge is 3.01. The Morgan fingerprint density at radius 1 is 0.291 bits per heavy atom. The highest BCUT2D eigenvalue weighted by atomic mass is 28.4. The van der Waals surface area contributed by atoms with Gasteiger partial charge in [0.2, 0.25) is 0 Å². The Morgan fingerprint density at radius 3 is 0.691 bits per heavy atom. The van der Waals surface area contributed by atoms with Gasteiger partial charge in [-0.25, -0.2) is 0 Å². The standard InChI is InChI=1S/C22H19F29O3Si/c1-4-52-55(53-5-2,54-6-3)22(50,51)21(48,49)20(46,47)19(44,45)18(42,43)17(40,41)16(38,39)15(36,37)14(34,35)13(32,33)12(30,31)11(28,29)9(23,24)7-8-10(25,26)27/h4-8H2,1-3H3. The van der Waals surface area contributed by atoms with Gasteiger partial charge in [-0.1, -0.05) is 0 Å². The molecule has 0 fully saturated rings. The molecule has 0 aromatic rings. The van der Waals surface area contributed by atoms with Crippen molar-refractivity contribution in [3.63, 3.8) is 0 Å². The third-order valence-electron chi connectivity index (χ3n) is 6.91. The summed E-state index contributed by atoms with van der Waals surface area (Å²) in [5, 5.41) is 0. The molecule has 55 heavy (non-hydrogen) atoms. The second-order valence-electron chi connectivity index (χ2n) is 10.6. The van der Waals surface area contributed by atoms with Crippen molar-refractivity contribution < 1.29 is 141 Å². The van der Waals surface area contributed by atoms with Crippen molar-refractivity contribution in [1.82, 2.24) is 0 Å². The van der Waals surface area contributed by atoms with E-state index in [1.807, 2.05) is 0 Å². The van der Waals surface area contributed by atoms with E-state index in [1.54, 1.807) is 0 Å². The maximum absolute atomic E-state index is 14.9. The van der Waals surface area contributed by atoms with Crippen LogP contribution in [0.4, 0.5) is 127 Å². The van der Waals surface area contributed by atoms with E-state index in [1.165, 1.54) is 0 Å². The first-order valence-electron chi connectivity index (χ1n) is 13.5. The van der Waals surface area contributed by atoms with Crippen LogP contribution in [0.5, 0.6) is 0 Å². The summed E-state index contributed by atoms with van der Waals surface area (Å²) in [6.07, 6.45) is -13.5. The van der Waals surface area contributed by atoms with Crippen molar-refractivity contribution in [3.8, 4) is 0 Å². The summed E-state index contributed by atoms with van der Waals surface area (Å²) in [4.78, 5) is 0. The van der Waals surface area contributed by atoms with E-state index in [9.17, 15) is 127 Å². The molecule has 0 bridgehead atoms. The zero-order chi connectivity index (χ0) is 45.2. The molecule has 332 valence electrons. The summed E-state index contributed by atoms with van der Waals surface area (Å²) < 4.78 is 416. The van der Waals surface area contributed by atoms with Gasteiger partial charge in [-0.15, -0.1) is 0 Å². The van der Waals surface area contributed by atoms with Crippen molar-refractivity contribution >= 4 is 8.80 Å². The van der Waals surface area contributed by atoms with Gasteiger partial charge in [0.15, 0.2) is 0 Å². The van der Waals surface area contributed by atoms with Crippen LogP contribution in [0.2, 0.25) is 0 Å². The Morgan fingerprint density at radius 2 is 0.491 bits per heavy atom. The van der Waals surface area contributed by atoms with E-state index in [-0.39, 0.29) is 0 Å². The van der Waals surface area contributed by atoms with Crippen LogP contribution in [0, 0.1) is 0 Å². The van der Waals surface area contributed by atoms with E-state index in [0.29, 0.717) is 20.8 Å². The Bertz CT molecular complexity index is 1290. The van der Waals surface area contributed by atoms with E-state index < -0.39 is 124 Å². The number of halogens is 29. The van der Waals surface area contributed by atoms with Crippen LogP contribution in [-0.2, 0) is 13.3 Å². The lowest BCUT2D eigenvalue weighted by atomic mass is 9.83. The highest BCUT2D eigenvalue weighted by molar-refractivity contribution is 6.63. The molecule has 0 aliphatic rings. The Kier molecular flexibility index (Phi) is 14.2. The highest BCUT2D eigenvalue weighted by Crippen LogP contribution is 2.69. The third-order valence-corrected chi connectivity index (χ3v) is 10.00. The number of rotatable bonds is 21. The monoisotopic (exact) mass is 910 g/mol. The molecule has 0 spiro atoms. The quantitative estimate of drug-likeness (QED) is 0.0848.